The van der Waals surface area contributed by atoms with Crippen LogP contribution in [0.4, 0.5) is 0 Å². The molecule has 3 heteroatoms. The standard InChI is InChI=1S/C13H18O3/c1-9(2)7-10-5-4-6-11(8-10)12(14)13(15)16-3/h4-6,8-9,12,14H,7H2,1-3H3. The molecule has 1 atom stereocenters. The van der Waals surface area contributed by atoms with Crippen LogP contribution in [0.5, 0.6) is 0 Å². The molecule has 1 unspecified atom stereocenters. The summed E-state index contributed by atoms with van der Waals surface area (Å²) in [6.45, 7) is 4.26. The van der Waals surface area contributed by atoms with E-state index in [1.165, 1.54) is 7.11 Å². The van der Waals surface area contributed by atoms with Gasteiger partial charge < -0.3 is 9.84 Å². The first-order valence-electron chi connectivity index (χ1n) is 5.39. The minimum absolute atomic E-state index is 0.547. The normalized spacial score (nSPS) is 12.6. The summed E-state index contributed by atoms with van der Waals surface area (Å²) in [7, 11) is 1.27. The van der Waals surface area contributed by atoms with Crippen LogP contribution in [0.25, 0.3) is 0 Å². The van der Waals surface area contributed by atoms with E-state index in [-0.39, 0.29) is 0 Å². The largest absolute Gasteiger partial charge is 0.467 e. The van der Waals surface area contributed by atoms with Crippen LogP contribution in [0.3, 0.4) is 0 Å². The zero-order valence-electron chi connectivity index (χ0n) is 9.93. The van der Waals surface area contributed by atoms with E-state index in [1.54, 1.807) is 6.07 Å². The second-order valence-corrected chi connectivity index (χ2v) is 4.27. The number of aliphatic hydroxyl groups excluding tert-OH is 1. The van der Waals surface area contributed by atoms with Crippen molar-refractivity contribution in [2.24, 2.45) is 5.92 Å². The average molecular weight is 222 g/mol. The van der Waals surface area contributed by atoms with E-state index in [9.17, 15) is 9.90 Å². The van der Waals surface area contributed by atoms with Crippen molar-refractivity contribution in [3.63, 3.8) is 0 Å². The maximum Gasteiger partial charge on any atom is 0.339 e. The number of benzene rings is 1. The molecule has 88 valence electrons. The van der Waals surface area contributed by atoms with Crippen LogP contribution in [-0.4, -0.2) is 18.2 Å². The summed E-state index contributed by atoms with van der Waals surface area (Å²) in [5, 5.41) is 9.67. The molecule has 1 rings (SSSR count). The summed E-state index contributed by atoms with van der Waals surface area (Å²) in [6, 6.07) is 7.42. The first kappa shape index (κ1) is 12.7. The van der Waals surface area contributed by atoms with Crippen molar-refractivity contribution in [2.75, 3.05) is 7.11 Å². The minimum Gasteiger partial charge on any atom is -0.467 e. The highest BCUT2D eigenvalue weighted by Gasteiger charge is 2.17. The Kier molecular flexibility index (Phi) is 4.50. The number of methoxy groups -OCH3 is 1. The van der Waals surface area contributed by atoms with Gasteiger partial charge in [0.05, 0.1) is 7.11 Å². The van der Waals surface area contributed by atoms with E-state index in [4.69, 9.17) is 0 Å². The molecule has 0 aliphatic carbocycles. The number of carbonyl (C=O) groups excluding carboxylic acids is 1. The molecule has 0 spiro atoms. The molecule has 0 aromatic heterocycles. The Morgan fingerprint density at radius 2 is 2.12 bits per heavy atom. The smallest absolute Gasteiger partial charge is 0.339 e. The number of esters is 1. The van der Waals surface area contributed by atoms with Crippen LogP contribution in [0.2, 0.25) is 0 Å². The first-order valence-corrected chi connectivity index (χ1v) is 5.39. The molecule has 1 N–H and O–H groups in total. The molecular formula is C13H18O3. The van der Waals surface area contributed by atoms with Crippen molar-refractivity contribution in [1.29, 1.82) is 0 Å². The van der Waals surface area contributed by atoms with Crippen molar-refractivity contribution in [3.8, 4) is 0 Å². The molecule has 16 heavy (non-hydrogen) atoms. The van der Waals surface area contributed by atoms with Crippen LogP contribution >= 0.6 is 0 Å². The lowest BCUT2D eigenvalue weighted by molar-refractivity contribution is -0.150. The molecule has 0 aliphatic rings. The third-order valence-electron chi connectivity index (χ3n) is 2.34. The maximum absolute atomic E-state index is 11.2. The molecule has 0 heterocycles. The van der Waals surface area contributed by atoms with Gasteiger partial charge in [-0.15, -0.1) is 0 Å². The van der Waals surface area contributed by atoms with E-state index in [1.807, 2.05) is 18.2 Å². The van der Waals surface area contributed by atoms with Crippen molar-refractivity contribution < 1.29 is 14.6 Å². The monoisotopic (exact) mass is 222 g/mol. The number of hydrogen-bond acceptors (Lipinski definition) is 3. The third-order valence-corrected chi connectivity index (χ3v) is 2.34. The molecule has 0 fully saturated rings. The average Bonchev–Trinajstić information content (AvgIpc) is 2.26. The Balaban J connectivity index is 2.85. The number of rotatable bonds is 4. The van der Waals surface area contributed by atoms with Gasteiger partial charge >= 0.3 is 5.97 Å². The molecule has 0 aliphatic heterocycles. The Hall–Kier alpha value is -1.35. The molecular weight excluding hydrogens is 204 g/mol. The lowest BCUT2D eigenvalue weighted by atomic mass is 9.99. The van der Waals surface area contributed by atoms with Gasteiger partial charge in [0.15, 0.2) is 6.10 Å². The predicted octanol–water partition coefficient (Wildman–Crippen LogP) is 2.09. The Bertz CT molecular complexity index is 358. The molecule has 0 bridgehead atoms. The van der Waals surface area contributed by atoms with Gasteiger partial charge in [0.25, 0.3) is 0 Å². The van der Waals surface area contributed by atoms with Gasteiger partial charge in [0, 0.05) is 0 Å². The van der Waals surface area contributed by atoms with Crippen LogP contribution in [-0.2, 0) is 16.0 Å². The summed E-state index contributed by atoms with van der Waals surface area (Å²) in [5.41, 5.74) is 1.71. The van der Waals surface area contributed by atoms with Crippen molar-refractivity contribution in [1.82, 2.24) is 0 Å². The molecule has 3 nitrogen and oxygen atoms in total. The number of carbonyl (C=O) groups is 1. The van der Waals surface area contributed by atoms with Crippen LogP contribution in [0, 0.1) is 5.92 Å². The third kappa shape index (κ3) is 3.35. The van der Waals surface area contributed by atoms with Gasteiger partial charge in [-0.2, -0.15) is 0 Å². The van der Waals surface area contributed by atoms with Gasteiger partial charge in [-0.3, -0.25) is 0 Å². The first-order chi connectivity index (χ1) is 7.54. The fourth-order valence-corrected chi connectivity index (χ4v) is 1.61. The predicted molar refractivity (Wildman–Crippen MR) is 62.0 cm³/mol. The number of aliphatic hydroxyl groups is 1. The van der Waals surface area contributed by atoms with Crippen LogP contribution in [0.1, 0.15) is 31.1 Å². The molecule has 0 radical (unpaired) electrons. The zero-order valence-corrected chi connectivity index (χ0v) is 9.93. The summed E-state index contributed by atoms with van der Waals surface area (Å²) in [5.74, 6) is -0.0767. The lowest BCUT2D eigenvalue weighted by Gasteiger charge is -2.11. The Labute approximate surface area is 96.1 Å². The van der Waals surface area contributed by atoms with Crippen LogP contribution < -0.4 is 0 Å². The molecule has 1 aromatic rings. The Morgan fingerprint density at radius 3 is 2.69 bits per heavy atom. The second kappa shape index (κ2) is 5.66. The van der Waals surface area contributed by atoms with E-state index in [0.717, 1.165) is 12.0 Å². The fraction of sp³-hybridized carbons (Fsp3) is 0.462. The summed E-state index contributed by atoms with van der Waals surface area (Å²) in [4.78, 5) is 11.2. The number of ether oxygens (including phenoxy) is 1. The van der Waals surface area contributed by atoms with Gasteiger partial charge in [0.1, 0.15) is 0 Å². The van der Waals surface area contributed by atoms with Gasteiger partial charge in [-0.25, -0.2) is 4.79 Å². The maximum atomic E-state index is 11.2. The van der Waals surface area contributed by atoms with E-state index in [2.05, 4.69) is 18.6 Å². The van der Waals surface area contributed by atoms with Crippen molar-refractivity contribution >= 4 is 5.97 Å². The number of hydrogen-bond donors (Lipinski definition) is 1. The van der Waals surface area contributed by atoms with Crippen molar-refractivity contribution in [3.05, 3.63) is 35.4 Å². The summed E-state index contributed by atoms with van der Waals surface area (Å²) >= 11 is 0. The SMILES string of the molecule is COC(=O)C(O)c1cccc(CC(C)C)c1. The minimum atomic E-state index is -1.18. The summed E-state index contributed by atoms with van der Waals surface area (Å²) in [6.07, 6.45) is -0.251. The molecule has 1 aromatic carbocycles. The highest BCUT2D eigenvalue weighted by Crippen LogP contribution is 2.17. The second-order valence-electron chi connectivity index (χ2n) is 4.27. The zero-order chi connectivity index (χ0) is 12.1. The van der Waals surface area contributed by atoms with Gasteiger partial charge in [0.2, 0.25) is 0 Å². The highest BCUT2D eigenvalue weighted by atomic mass is 16.5. The van der Waals surface area contributed by atoms with Gasteiger partial charge in [-0.05, 0) is 23.5 Å². The van der Waals surface area contributed by atoms with E-state index in [0.29, 0.717) is 11.5 Å². The highest BCUT2D eigenvalue weighted by molar-refractivity contribution is 5.76. The molecule has 0 saturated carbocycles. The lowest BCUT2D eigenvalue weighted by Crippen LogP contribution is -2.13. The molecule has 0 saturated heterocycles. The Morgan fingerprint density at radius 1 is 1.44 bits per heavy atom. The van der Waals surface area contributed by atoms with E-state index < -0.39 is 12.1 Å². The summed E-state index contributed by atoms with van der Waals surface area (Å²) < 4.78 is 4.50. The van der Waals surface area contributed by atoms with E-state index >= 15 is 0 Å². The topological polar surface area (TPSA) is 46.5 Å². The fourth-order valence-electron chi connectivity index (χ4n) is 1.61. The molecule has 0 amide bonds. The quantitative estimate of drug-likeness (QED) is 0.793. The van der Waals surface area contributed by atoms with Crippen LogP contribution in [0.15, 0.2) is 24.3 Å². The van der Waals surface area contributed by atoms with Gasteiger partial charge in [-0.1, -0.05) is 38.1 Å². The van der Waals surface area contributed by atoms with Crippen molar-refractivity contribution in [2.45, 2.75) is 26.4 Å².